The maximum absolute atomic E-state index is 12.1. The number of ketones is 1. The molecule has 21 heavy (non-hydrogen) atoms. The molecule has 0 aromatic heterocycles. The van der Waals surface area contributed by atoms with Gasteiger partial charge in [0.25, 0.3) is 0 Å². The van der Waals surface area contributed by atoms with Gasteiger partial charge in [-0.3, -0.25) is 4.79 Å². The summed E-state index contributed by atoms with van der Waals surface area (Å²) < 4.78 is 0. The Morgan fingerprint density at radius 1 is 0.857 bits per heavy atom. The van der Waals surface area contributed by atoms with Gasteiger partial charge in [0.1, 0.15) is 0 Å². The molecule has 0 atom stereocenters. The topological polar surface area (TPSA) is 17.1 Å². The molecule has 1 aliphatic rings. The molecule has 0 heterocycles. The smallest absolute Gasteiger partial charge is 0.158 e. The first-order valence-corrected chi connectivity index (χ1v) is 9.57. The summed E-state index contributed by atoms with van der Waals surface area (Å²) in [4.78, 5) is 12.1. The van der Waals surface area contributed by atoms with E-state index in [1.165, 1.54) is 77.0 Å². The van der Waals surface area contributed by atoms with Crippen LogP contribution in [-0.4, -0.2) is 5.78 Å². The van der Waals surface area contributed by atoms with Gasteiger partial charge >= 0.3 is 0 Å². The van der Waals surface area contributed by atoms with Gasteiger partial charge in [-0.25, -0.2) is 0 Å². The highest BCUT2D eigenvalue weighted by Crippen LogP contribution is 2.20. The van der Waals surface area contributed by atoms with Crippen LogP contribution >= 0.6 is 0 Å². The van der Waals surface area contributed by atoms with Crippen molar-refractivity contribution in [1.82, 2.24) is 0 Å². The van der Waals surface area contributed by atoms with E-state index in [0.29, 0.717) is 5.78 Å². The summed E-state index contributed by atoms with van der Waals surface area (Å²) in [7, 11) is 0. The molecule has 1 rings (SSSR count). The van der Waals surface area contributed by atoms with Crippen LogP contribution in [0.15, 0.2) is 11.6 Å². The SMILES string of the molecule is CCCCCCCCCCCCC(=O)C1=CCCCCC1. The Bertz CT molecular complexity index is 290. The molecular weight excluding hydrogens is 256 g/mol. The predicted molar refractivity (Wildman–Crippen MR) is 92.6 cm³/mol. The molecule has 0 radical (unpaired) electrons. The van der Waals surface area contributed by atoms with Crippen molar-refractivity contribution in [1.29, 1.82) is 0 Å². The third-order valence-corrected chi connectivity index (χ3v) is 4.66. The van der Waals surface area contributed by atoms with Crippen LogP contribution < -0.4 is 0 Å². The van der Waals surface area contributed by atoms with E-state index in [2.05, 4.69) is 13.0 Å². The van der Waals surface area contributed by atoms with Crippen LogP contribution in [0.5, 0.6) is 0 Å². The van der Waals surface area contributed by atoms with Crippen LogP contribution in [0.2, 0.25) is 0 Å². The van der Waals surface area contributed by atoms with Gasteiger partial charge < -0.3 is 0 Å². The Morgan fingerprint density at radius 2 is 1.48 bits per heavy atom. The van der Waals surface area contributed by atoms with Crippen LogP contribution in [0.25, 0.3) is 0 Å². The zero-order chi connectivity index (χ0) is 15.2. The number of hydrogen-bond donors (Lipinski definition) is 0. The third kappa shape index (κ3) is 9.87. The van der Waals surface area contributed by atoms with E-state index >= 15 is 0 Å². The number of Topliss-reactive ketones (excluding diaryl/α,β-unsaturated/α-hetero) is 1. The fraction of sp³-hybridized carbons (Fsp3) is 0.850. The lowest BCUT2D eigenvalue weighted by atomic mass is 10.00. The predicted octanol–water partition coefficient (Wildman–Crippen LogP) is 6.76. The summed E-state index contributed by atoms with van der Waals surface area (Å²) in [6.45, 7) is 2.27. The molecule has 1 nitrogen and oxygen atoms in total. The van der Waals surface area contributed by atoms with Crippen molar-refractivity contribution in [2.75, 3.05) is 0 Å². The van der Waals surface area contributed by atoms with E-state index < -0.39 is 0 Å². The molecule has 0 amide bonds. The third-order valence-electron chi connectivity index (χ3n) is 4.66. The molecule has 0 fully saturated rings. The van der Waals surface area contributed by atoms with Crippen LogP contribution in [0.4, 0.5) is 0 Å². The first kappa shape index (κ1) is 18.5. The molecule has 0 saturated heterocycles. The molecule has 0 aromatic rings. The van der Waals surface area contributed by atoms with Gasteiger partial charge in [0.2, 0.25) is 0 Å². The Labute approximate surface area is 132 Å². The summed E-state index contributed by atoms with van der Waals surface area (Å²) in [5, 5.41) is 0. The molecule has 0 aliphatic heterocycles. The van der Waals surface area contributed by atoms with Crippen molar-refractivity contribution in [2.45, 2.75) is 110 Å². The minimum Gasteiger partial charge on any atom is -0.295 e. The second kappa shape index (κ2) is 13.1. The van der Waals surface area contributed by atoms with E-state index in [-0.39, 0.29) is 0 Å². The maximum Gasteiger partial charge on any atom is 0.158 e. The Hall–Kier alpha value is -0.590. The van der Waals surface area contributed by atoms with E-state index in [1.807, 2.05) is 0 Å². The quantitative estimate of drug-likeness (QED) is 0.363. The van der Waals surface area contributed by atoms with Crippen LogP contribution in [0.1, 0.15) is 110 Å². The van der Waals surface area contributed by atoms with Crippen LogP contribution in [0, 0.1) is 0 Å². The first-order valence-electron chi connectivity index (χ1n) is 9.57. The summed E-state index contributed by atoms with van der Waals surface area (Å²) in [5.41, 5.74) is 1.14. The molecule has 122 valence electrons. The van der Waals surface area contributed by atoms with E-state index in [4.69, 9.17) is 0 Å². The molecule has 0 N–H and O–H groups in total. The second-order valence-corrected chi connectivity index (χ2v) is 6.68. The molecule has 0 bridgehead atoms. The monoisotopic (exact) mass is 292 g/mol. The zero-order valence-electron chi connectivity index (χ0n) is 14.3. The van der Waals surface area contributed by atoms with Gasteiger partial charge in [-0.1, -0.05) is 77.2 Å². The van der Waals surface area contributed by atoms with E-state index in [9.17, 15) is 4.79 Å². The molecular formula is C20H36O. The van der Waals surface area contributed by atoms with Gasteiger partial charge in [0, 0.05) is 6.42 Å². The first-order chi connectivity index (χ1) is 10.3. The van der Waals surface area contributed by atoms with Crippen molar-refractivity contribution < 1.29 is 4.79 Å². The summed E-state index contributed by atoms with van der Waals surface area (Å²) in [5.74, 6) is 0.441. The number of rotatable bonds is 12. The average molecular weight is 293 g/mol. The molecule has 0 unspecified atom stereocenters. The van der Waals surface area contributed by atoms with E-state index in [1.54, 1.807) is 0 Å². The number of allylic oxidation sites excluding steroid dienone is 2. The largest absolute Gasteiger partial charge is 0.295 e. The fourth-order valence-corrected chi connectivity index (χ4v) is 3.20. The van der Waals surface area contributed by atoms with Crippen LogP contribution in [0.3, 0.4) is 0 Å². The van der Waals surface area contributed by atoms with Crippen molar-refractivity contribution in [3.8, 4) is 0 Å². The summed E-state index contributed by atoms with van der Waals surface area (Å²) in [6.07, 6.45) is 22.4. The molecule has 0 spiro atoms. The lowest BCUT2D eigenvalue weighted by molar-refractivity contribution is -0.115. The Morgan fingerprint density at radius 3 is 2.14 bits per heavy atom. The standard InChI is InChI=1S/C20H36O/c1-2-3-4-5-6-7-8-9-10-15-18-20(21)19-16-13-11-12-14-17-19/h16H,2-15,17-18H2,1H3. The van der Waals surface area contributed by atoms with Gasteiger partial charge in [0.15, 0.2) is 5.78 Å². The number of unbranched alkanes of at least 4 members (excludes halogenated alkanes) is 9. The zero-order valence-corrected chi connectivity index (χ0v) is 14.3. The lowest BCUT2D eigenvalue weighted by Crippen LogP contribution is -2.02. The molecule has 1 aliphatic carbocycles. The number of carbonyl (C=O) groups excluding carboxylic acids is 1. The van der Waals surface area contributed by atoms with Crippen molar-refractivity contribution in [2.24, 2.45) is 0 Å². The summed E-state index contributed by atoms with van der Waals surface area (Å²) >= 11 is 0. The molecule has 0 saturated carbocycles. The van der Waals surface area contributed by atoms with Gasteiger partial charge in [-0.15, -0.1) is 0 Å². The van der Waals surface area contributed by atoms with Crippen molar-refractivity contribution in [3.05, 3.63) is 11.6 Å². The maximum atomic E-state index is 12.1. The highest BCUT2D eigenvalue weighted by molar-refractivity contribution is 5.95. The van der Waals surface area contributed by atoms with Crippen molar-refractivity contribution in [3.63, 3.8) is 0 Å². The second-order valence-electron chi connectivity index (χ2n) is 6.68. The summed E-state index contributed by atoms with van der Waals surface area (Å²) in [6, 6.07) is 0. The lowest BCUT2D eigenvalue weighted by Gasteiger charge is -2.05. The van der Waals surface area contributed by atoms with Crippen LogP contribution in [-0.2, 0) is 4.79 Å². The highest BCUT2D eigenvalue weighted by Gasteiger charge is 2.10. The highest BCUT2D eigenvalue weighted by atomic mass is 16.1. The number of hydrogen-bond acceptors (Lipinski definition) is 1. The average Bonchev–Trinajstić information content (AvgIpc) is 2.78. The molecule has 1 heteroatoms. The molecule has 0 aromatic carbocycles. The normalized spacial score (nSPS) is 15.6. The van der Waals surface area contributed by atoms with Gasteiger partial charge in [-0.2, -0.15) is 0 Å². The van der Waals surface area contributed by atoms with E-state index in [0.717, 1.165) is 31.3 Å². The van der Waals surface area contributed by atoms with Crippen molar-refractivity contribution >= 4 is 5.78 Å². The minimum absolute atomic E-state index is 0.441. The van der Waals surface area contributed by atoms with Gasteiger partial charge in [0.05, 0.1) is 0 Å². The Balaban J connectivity index is 1.91. The minimum atomic E-state index is 0.441. The van der Waals surface area contributed by atoms with Gasteiger partial charge in [-0.05, 0) is 37.7 Å². The Kier molecular flexibility index (Phi) is 11.5. The number of carbonyl (C=O) groups is 1. The fourth-order valence-electron chi connectivity index (χ4n) is 3.20.